The number of anilines is 2. The zero-order valence-electron chi connectivity index (χ0n) is 14.8. The van der Waals surface area contributed by atoms with Crippen molar-refractivity contribution in [3.05, 3.63) is 29.0 Å². The van der Waals surface area contributed by atoms with Crippen molar-refractivity contribution in [1.82, 2.24) is 24.8 Å². The lowest BCUT2D eigenvalue weighted by atomic mass is 10.1. The number of rotatable bonds is 5. The Morgan fingerprint density at radius 2 is 2.25 bits per heavy atom. The molecule has 2 aromatic rings. The predicted molar refractivity (Wildman–Crippen MR) is 97.4 cm³/mol. The van der Waals surface area contributed by atoms with Crippen LogP contribution in [0.15, 0.2) is 17.6 Å². The zero-order chi connectivity index (χ0) is 19.7. The third-order valence-corrected chi connectivity index (χ3v) is 5.49. The minimum Gasteiger partial charge on any atom is -0.325 e. The number of alkyl halides is 2. The van der Waals surface area contributed by atoms with Gasteiger partial charge >= 0.3 is 0 Å². The average Bonchev–Trinajstić information content (AvgIpc) is 3.29. The standard InChI is InChI=1S/C17H17F2N7OS/c18-17(19)9-26(10-17)14(27)12-8-28-16(23-12)24-15-21-5-3-11(22-15)13-2-1-6-25(13)7-4-20/h3,5,8,13H,1-2,6-7,9-10H2,(H,21,22,23,24). The van der Waals surface area contributed by atoms with Crippen molar-refractivity contribution in [2.24, 2.45) is 0 Å². The SMILES string of the molecule is N#CCN1CCCC1c1ccnc(Nc2nc(C(=O)N3CC(F)(F)C3)cs2)n1. The molecule has 1 atom stereocenters. The van der Waals surface area contributed by atoms with E-state index >= 15 is 0 Å². The van der Waals surface area contributed by atoms with Crippen LogP contribution in [0.5, 0.6) is 0 Å². The molecular formula is C17H17F2N7OS. The summed E-state index contributed by atoms with van der Waals surface area (Å²) < 4.78 is 25.9. The number of nitriles is 1. The molecule has 0 spiro atoms. The summed E-state index contributed by atoms with van der Waals surface area (Å²) in [5.74, 6) is -2.98. The quantitative estimate of drug-likeness (QED) is 0.763. The molecule has 1 amide bonds. The number of carbonyl (C=O) groups is 1. The Bertz CT molecular complexity index is 920. The van der Waals surface area contributed by atoms with E-state index in [1.54, 1.807) is 6.20 Å². The first-order chi connectivity index (χ1) is 13.4. The molecule has 146 valence electrons. The van der Waals surface area contributed by atoms with Crippen LogP contribution in [-0.2, 0) is 0 Å². The highest BCUT2D eigenvalue weighted by atomic mass is 32.1. The summed E-state index contributed by atoms with van der Waals surface area (Å²) in [5, 5.41) is 13.9. The number of hydrogen-bond acceptors (Lipinski definition) is 8. The van der Waals surface area contributed by atoms with Gasteiger partial charge in [0.1, 0.15) is 5.69 Å². The number of nitrogens with zero attached hydrogens (tertiary/aromatic N) is 6. The highest BCUT2D eigenvalue weighted by molar-refractivity contribution is 7.14. The van der Waals surface area contributed by atoms with E-state index in [-0.39, 0.29) is 11.7 Å². The van der Waals surface area contributed by atoms with Gasteiger partial charge in [-0.1, -0.05) is 0 Å². The van der Waals surface area contributed by atoms with Crippen molar-refractivity contribution >= 4 is 28.3 Å². The predicted octanol–water partition coefficient (Wildman–Crippen LogP) is 2.43. The molecule has 4 rings (SSSR count). The number of hydrogen-bond donors (Lipinski definition) is 1. The van der Waals surface area contributed by atoms with Gasteiger partial charge in [-0.2, -0.15) is 5.26 Å². The largest absolute Gasteiger partial charge is 0.325 e. The number of amides is 1. The lowest BCUT2D eigenvalue weighted by Gasteiger charge is -2.38. The highest BCUT2D eigenvalue weighted by Gasteiger charge is 2.46. The third kappa shape index (κ3) is 3.79. The van der Waals surface area contributed by atoms with Crippen LogP contribution >= 0.6 is 11.3 Å². The van der Waals surface area contributed by atoms with Crippen molar-refractivity contribution in [1.29, 1.82) is 5.26 Å². The fourth-order valence-electron chi connectivity index (χ4n) is 3.40. The van der Waals surface area contributed by atoms with Crippen molar-refractivity contribution in [2.75, 3.05) is 31.5 Å². The fourth-order valence-corrected chi connectivity index (χ4v) is 4.08. The molecular weight excluding hydrogens is 388 g/mol. The molecule has 2 aliphatic rings. The van der Waals surface area contributed by atoms with Crippen LogP contribution in [-0.4, -0.2) is 62.8 Å². The van der Waals surface area contributed by atoms with Gasteiger partial charge in [0.05, 0.1) is 37.4 Å². The molecule has 8 nitrogen and oxygen atoms in total. The summed E-state index contributed by atoms with van der Waals surface area (Å²) in [6.45, 7) is 0.0686. The number of aromatic nitrogens is 3. The molecule has 2 fully saturated rings. The van der Waals surface area contributed by atoms with Gasteiger partial charge in [0.25, 0.3) is 11.8 Å². The second-order valence-corrected chi connectivity index (χ2v) is 7.63. The van der Waals surface area contributed by atoms with E-state index in [4.69, 9.17) is 5.26 Å². The van der Waals surface area contributed by atoms with E-state index in [0.717, 1.165) is 30.0 Å². The summed E-state index contributed by atoms with van der Waals surface area (Å²) >= 11 is 1.18. The van der Waals surface area contributed by atoms with Gasteiger partial charge in [-0.15, -0.1) is 11.3 Å². The van der Waals surface area contributed by atoms with Crippen LogP contribution in [0, 0.1) is 11.3 Å². The molecule has 2 saturated heterocycles. The topological polar surface area (TPSA) is 98.0 Å². The maximum absolute atomic E-state index is 12.9. The first-order valence-electron chi connectivity index (χ1n) is 8.79. The lowest BCUT2D eigenvalue weighted by Crippen LogP contribution is -2.58. The van der Waals surface area contributed by atoms with Crippen LogP contribution in [0.1, 0.15) is 35.1 Å². The van der Waals surface area contributed by atoms with Crippen molar-refractivity contribution in [2.45, 2.75) is 24.8 Å². The molecule has 1 N–H and O–H groups in total. The van der Waals surface area contributed by atoms with E-state index in [1.165, 1.54) is 16.7 Å². The maximum atomic E-state index is 12.9. The van der Waals surface area contributed by atoms with E-state index in [1.807, 2.05) is 6.07 Å². The van der Waals surface area contributed by atoms with Gasteiger partial charge < -0.3 is 10.2 Å². The van der Waals surface area contributed by atoms with Gasteiger partial charge in [0, 0.05) is 11.6 Å². The Kier molecular flexibility index (Phi) is 4.91. The van der Waals surface area contributed by atoms with Crippen molar-refractivity contribution < 1.29 is 13.6 Å². The molecule has 0 radical (unpaired) electrons. The number of halogens is 2. The summed E-state index contributed by atoms with van der Waals surface area (Å²) in [6.07, 6.45) is 3.57. The minimum atomic E-state index is -2.80. The molecule has 2 aliphatic heterocycles. The van der Waals surface area contributed by atoms with E-state index in [2.05, 4.69) is 31.2 Å². The number of thiazole rings is 1. The normalized spacial score (nSPS) is 21.2. The van der Waals surface area contributed by atoms with Crippen LogP contribution in [0.2, 0.25) is 0 Å². The van der Waals surface area contributed by atoms with Crippen LogP contribution in [0.25, 0.3) is 0 Å². The number of nitrogens with one attached hydrogen (secondary N) is 1. The molecule has 11 heteroatoms. The van der Waals surface area contributed by atoms with Gasteiger partial charge in [-0.05, 0) is 25.5 Å². The number of carbonyl (C=O) groups excluding carboxylic acids is 1. The van der Waals surface area contributed by atoms with Crippen LogP contribution in [0.3, 0.4) is 0 Å². The molecule has 1 unspecified atom stereocenters. The lowest BCUT2D eigenvalue weighted by molar-refractivity contribution is -0.113. The molecule has 4 heterocycles. The Morgan fingerprint density at radius 1 is 1.43 bits per heavy atom. The van der Waals surface area contributed by atoms with Gasteiger partial charge in [-0.3, -0.25) is 9.69 Å². The molecule has 0 aliphatic carbocycles. The van der Waals surface area contributed by atoms with Gasteiger partial charge in [0.15, 0.2) is 5.13 Å². The Morgan fingerprint density at radius 3 is 3.00 bits per heavy atom. The molecule has 0 aromatic carbocycles. The van der Waals surface area contributed by atoms with Crippen molar-refractivity contribution in [3.8, 4) is 6.07 Å². The Labute approximate surface area is 163 Å². The maximum Gasteiger partial charge on any atom is 0.282 e. The summed E-state index contributed by atoms with van der Waals surface area (Å²) in [4.78, 5) is 28.2. The number of likely N-dealkylation sites (tertiary alicyclic amines) is 2. The molecule has 2 aromatic heterocycles. The van der Waals surface area contributed by atoms with Gasteiger partial charge in [-0.25, -0.2) is 23.7 Å². The molecule has 0 bridgehead atoms. The second-order valence-electron chi connectivity index (χ2n) is 6.77. The zero-order valence-corrected chi connectivity index (χ0v) is 15.6. The Hall–Kier alpha value is -2.71. The highest BCUT2D eigenvalue weighted by Crippen LogP contribution is 2.31. The first kappa shape index (κ1) is 18.6. The molecule has 0 saturated carbocycles. The first-order valence-corrected chi connectivity index (χ1v) is 9.67. The van der Waals surface area contributed by atoms with E-state index in [9.17, 15) is 13.6 Å². The summed E-state index contributed by atoms with van der Waals surface area (Å²) in [6, 6.07) is 4.08. The third-order valence-electron chi connectivity index (χ3n) is 4.73. The summed E-state index contributed by atoms with van der Waals surface area (Å²) in [5.41, 5.74) is 0.941. The van der Waals surface area contributed by atoms with E-state index < -0.39 is 24.9 Å². The van der Waals surface area contributed by atoms with Crippen molar-refractivity contribution in [3.63, 3.8) is 0 Å². The second kappa shape index (κ2) is 7.37. The average molecular weight is 405 g/mol. The minimum absolute atomic E-state index is 0.0738. The fraction of sp³-hybridized carbons (Fsp3) is 0.471. The van der Waals surface area contributed by atoms with Crippen LogP contribution in [0.4, 0.5) is 19.9 Å². The van der Waals surface area contributed by atoms with E-state index in [0.29, 0.717) is 17.6 Å². The smallest absolute Gasteiger partial charge is 0.282 e. The summed E-state index contributed by atoms with van der Waals surface area (Å²) in [7, 11) is 0. The monoisotopic (exact) mass is 405 g/mol. The molecule has 28 heavy (non-hydrogen) atoms. The Balaban J connectivity index is 1.43. The van der Waals surface area contributed by atoms with Crippen LogP contribution < -0.4 is 5.32 Å². The van der Waals surface area contributed by atoms with Gasteiger partial charge in [0.2, 0.25) is 5.95 Å².